The maximum absolute atomic E-state index is 6.10. The Morgan fingerprint density at radius 1 is 1.38 bits per heavy atom. The molecule has 1 atom stereocenters. The van der Waals surface area contributed by atoms with Gasteiger partial charge in [0.25, 0.3) is 0 Å². The van der Waals surface area contributed by atoms with Crippen molar-refractivity contribution in [1.82, 2.24) is 10.3 Å². The first-order chi connectivity index (χ1) is 10.1. The minimum atomic E-state index is 0.193. The van der Waals surface area contributed by atoms with Gasteiger partial charge < -0.3 is 5.32 Å². The Hall–Kier alpha value is -0.900. The number of rotatable bonds is 5. The van der Waals surface area contributed by atoms with Crippen LogP contribution < -0.4 is 5.32 Å². The molecule has 1 saturated carbocycles. The molecule has 0 aliphatic heterocycles. The van der Waals surface area contributed by atoms with Crippen LogP contribution in [0.4, 0.5) is 0 Å². The Labute approximate surface area is 135 Å². The van der Waals surface area contributed by atoms with Crippen molar-refractivity contribution in [2.24, 2.45) is 0 Å². The van der Waals surface area contributed by atoms with Crippen molar-refractivity contribution in [1.29, 1.82) is 0 Å². The topological polar surface area (TPSA) is 24.9 Å². The smallest absolute Gasteiger partial charge is 0.115 e. The summed E-state index contributed by atoms with van der Waals surface area (Å²) in [5.74, 6) is 0. The number of hydrogen-bond donors (Lipinski definition) is 1. The zero-order valence-electron chi connectivity index (χ0n) is 12.7. The molecule has 1 unspecified atom stereocenters. The molecule has 2 nitrogen and oxygen atoms in total. The minimum absolute atomic E-state index is 0.193. The summed E-state index contributed by atoms with van der Waals surface area (Å²) in [4.78, 5) is 6.21. The first-order valence-corrected chi connectivity index (χ1v) is 8.76. The van der Waals surface area contributed by atoms with Crippen molar-refractivity contribution in [3.8, 4) is 0 Å². The SMILES string of the molecule is CCc1nc(C(NC2CC2)c2ccc(Cl)cc2C)sc1C. The van der Waals surface area contributed by atoms with Gasteiger partial charge >= 0.3 is 0 Å². The lowest BCUT2D eigenvalue weighted by Gasteiger charge is -2.19. The summed E-state index contributed by atoms with van der Waals surface area (Å²) >= 11 is 7.92. The van der Waals surface area contributed by atoms with Crippen molar-refractivity contribution in [3.05, 3.63) is 49.9 Å². The highest BCUT2D eigenvalue weighted by atomic mass is 35.5. The maximum Gasteiger partial charge on any atom is 0.115 e. The predicted octanol–water partition coefficient (Wildman–Crippen LogP) is 4.82. The summed E-state index contributed by atoms with van der Waals surface area (Å²) in [5, 5.41) is 5.73. The third kappa shape index (κ3) is 3.31. The third-order valence-electron chi connectivity index (χ3n) is 4.01. The normalized spacial score (nSPS) is 16.2. The second-order valence-corrected chi connectivity index (χ2v) is 7.45. The summed E-state index contributed by atoms with van der Waals surface area (Å²) in [6, 6.07) is 6.99. The van der Waals surface area contributed by atoms with E-state index in [2.05, 4.69) is 32.2 Å². The molecule has 112 valence electrons. The van der Waals surface area contributed by atoms with Crippen LogP contribution in [-0.2, 0) is 6.42 Å². The van der Waals surface area contributed by atoms with Crippen molar-refractivity contribution in [2.45, 2.75) is 52.1 Å². The fourth-order valence-corrected chi connectivity index (χ4v) is 3.96. The Morgan fingerprint density at radius 3 is 2.71 bits per heavy atom. The number of thiazole rings is 1. The van der Waals surface area contributed by atoms with E-state index in [0.29, 0.717) is 6.04 Å². The highest BCUT2D eigenvalue weighted by Crippen LogP contribution is 2.34. The van der Waals surface area contributed by atoms with Gasteiger partial charge in [-0.25, -0.2) is 4.98 Å². The summed E-state index contributed by atoms with van der Waals surface area (Å²) in [6.07, 6.45) is 3.54. The van der Waals surface area contributed by atoms with Gasteiger partial charge in [0, 0.05) is 15.9 Å². The summed E-state index contributed by atoms with van der Waals surface area (Å²) in [6.45, 7) is 6.47. The van der Waals surface area contributed by atoms with Crippen LogP contribution in [0.25, 0.3) is 0 Å². The van der Waals surface area contributed by atoms with Crippen molar-refractivity contribution >= 4 is 22.9 Å². The molecule has 2 aromatic rings. The molecule has 1 aliphatic rings. The van der Waals surface area contributed by atoms with Gasteiger partial charge in [-0.2, -0.15) is 0 Å². The molecular formula is C17H21ClN2S. The van der Waals surface area contributed by atoms with Crippen LogP contribution in [0, 0.1) is 13.8 Å². The lowest BCUT2D eigenvalue weighted by molar-refractivity contribution is 0.594. The molecule has 1 aliphatic carbocycles. The molecule has 0 bridgehead atoms. The highest BCUT2D eigenvalue weighted by molar-refractivity contribution is 7.11. The van der Waals surface area contributed by atoms with Crippen LogP contribution in [0.5, 0.6) is 0 Å². The fraction of sp³-hybridized carbons (Fsp3) is 0.471. The number of benzene rings is 1. The van der Waals surface area contributed by atoms with E-state index in [1.165, 1.54) is 39.5 Å². The number of hydrogen-bond acceptors (Lipinski definition) is 3. The van der Waals surface area contributed by atoms with Gasteiger partial charge in [0.05, 0.1) is 11.7 Å². The van der Waals surface area contributed by atoms with Gasteiger partial charge in [-0.3, -0.25) is 0 Å². The van der Waals surface area contributed by atoms with Crippen LogP contribution in [-0.4, -0.2) is 11.0 Å². The van der Waals surface area contributed by atoms with Gasteiger partial charge in [-0.15, -0.1) is 11.3 Å². The molecule has 4 heteroatoms. The lowest BCUT2D eigenvalue weighted by Crippen LogP contribution is -2.25. The van der Waals surface area contributed by atoms with E-state index < -0.39 is 0 Å². The lowest BCUT2D eigenvalue weighted by atomic mass is 10.0. The molecule has 21 heavy (non-hydrogen) atoms. The van der Waals surface area contributed by atoms with E-state index in [1.807, 2.05) is 23.5 Å². The molecule has 0 spiro atoms. The average Bonchev–Trinajstić information content (AvgIpc) is 3.18. The largest absolute Gasteiger partial charge is 0.301 e. The first kappa shape index (κ1) is 15.0. The molecule has 3 rings (SSSR count). The molecule has 1 aromatic heterocycles. The first-order valence-electron chi connectivity index (χ1n) is 7.56. The van der Waals surface area contributed by atoms with Gasteiger partial charge in [-0.1, -0.05) is 24.6 Å². The Kier molecular flexibility index (Phi) is 4.34. The van der Waals surface area contributed by atoms with Gasteiger partial charge in [-0.05, 0) is 56.4 Å². The second kappa shape index (κ2) is 6.07. The third-order valence-corrected chi connectivity index (χ3v) is 5.33. The van der Waals surface area contributed by atoms with Gasteiger partial charge in [0.2, 0.25) is 0 Å². The maximum atomic E-state index is 6.10. The van der Waals surface area contributed by atoms with Crippen molar-refractivity contribution in [2.75, 3.05) is 0 Å². The Bertz CT molecular complexity index is 646. The number of nitrogens with zero attached hydrogens (tertiary/aromatic N) is 1. The molecule has 0 saturated heterocycles. The van der Waals surface area contributed by atoms with Crippen molar-refractivity contribution in [3.63, 3.8) is 0 Å². The van der Waals surface area contributed by atoms with Crippen LogP contribution in [0.1, 0.15) is 52.5 Å². The van der Waals surface area contributed by atoms with Crippen LogP contribution in [0.3, 0.4) is 0 Å². The van der Waals surface area contributed by atoms with E-state index in [-0.39, 0.29) is 6.04 Å². The number of halogens is 1. The van der Waals surface area contributed by atoms with Crippen LogP contribution in [0.2, 0.25) is 5.02 Å². The molecular weight excluding hydrogens is 300 g/mol. The molecule has 0 amide bonds. The van der Waals surface area contributed by atoms with Crippen LogP contribution >= 0.6 is 22.9 Å². The highest BCUT2D eigenvalue weighted by Gasteiger charge is 2.29. The van der Waals surface area contributed by atoms with E-state index in [9.17, 15) is 0 Å². The van der Waals surface area contributed by atoms with E-state index in [0.717, 1.165) is 11.4 Å². The predicted molar refractivity (Wildman–Crippen MR) is 90.4 cm³/mol. The minimum Gasteiger partial charge on any atom is -0.301 e. The molecule has 1 heterocycles. The second-order valence-electron chi connectivity index (χ2n) is 5.78. The fourth-order valence-electron chi connectivity index (χ4n) is 2.64. The van der Waals surface area contributed by atoms with E-state index in [1.54, 1.807) is 0 Å². The van der Waals surface area contributed by atoms with Gasteiger partial charge in [0.15, 0.2) is 0 Å². The number of aryl methyl sites for hydroxylation is 3. The quantitative estimate of drug-likeness (QED) is 0.854. The Morgan fingerprint density at radius 2 is 2.14 bits per heavy atom. The summed E-state index contributed by atoms with van der Waals surface area (Å²) in [7, 11) is 0. The number of nitrogens with one attached hydrogen (secondary N) is 1. The Balaban J connectivity index is 1.99. The van der Waals surface area contributed by atoms with E-state index in [4.69, 9.17) is 16.6 Å². The van der Waals surface area contributed by atoms with E-state index >= 15 is 0 Å². The molecule has 1 aromatic carbocycles. The zero-order chi connectivity index (χ0) is 15.0. The molecule has 1 fully saturated rings. The average molecular weight is 321 g/mol. The molecule has 1 N–H and O–H groups in total. The van der Waals surface area contributed by atoms with Crippen LogP contribution in [0.15, 0.2) is 18.2 Å². The number of aromatic nitrogens is 1. The zero-order valence-corrected chi connectivity index (χ0v) is 14.3. The van der Waals surface area contributed by atoms with Crippen molar-refractivity contribution < 1.29 is 0 Å². The summed E-state index contributed by atoms with van der Waals surface area (Å²) in [5.41, 5.74) is 3.75. The van der Waals surface area contributed by atoms with Gasteiger partial charge in [0.1, 0.15) is 5.01 Å². The molecule has 0 radical (unpaired) electrons. The standard InChI is InChI=1S/C17H21ClN2S/c1-4-15-11(3)21-17(20-15)16(19-13-6-7-13)14-8-5-12(18)9-10(14)2/h5,8-9,13,16,19H,4,6-7H2,1-3H3. The monoisotopic (exact) mass is 320 g/mol. The summed E-state index contributed by atoms with van der Waals surface area (Å²) < 4.78 is 0.